The molecule has 2 aromatic carbocycles. The zero-order chi connectivity index (χ0) is 25.6. The topological polar surface area (TPSA) is 48.1 Å². The van der Waals surface area contributed by atoms with Crippen molar-refractivity contribution in [2.45, 2.75) is 45.6 Å². The number of likely N-dealkylation sites (N-methyl/N-ethyl adjacent to an activating group) is 2. The molecule has 0 saturated heterocycles. The van der Waals surface area contributed by atoms with E-state index in [-0.39, 0.29) is 5.91 Å². The van der Waals surface area contributed by atoms with Gasteiger partial charge in [-0.05, 0) is 35.1 Å². The van der Waals surface area contributed by atoms with Crippen LogP contribution in [0.4, 0.5) is 5.69 Å². The number of para-hydroxylation sites is 1. The third-order valence-electron chi connectivity index (χ3n) is 5.62. The molecule has 2 rings (SSSR count). The lowest BCUT2D eigenvalue weighted by molar-refractivity contribution is -0.472. The van der Waals surface area contributed by atoms with Gasteiger partial charge in [0.1, 0.15) is 0 Å². The minimum absolute atomic E-state index is 0.151. The van der Waals surface area contributed by atoms with Crippen molar-refractivity contribution in [1.82, 2.24) is 9.80 Å². The molecule has 0 heterocycles. The monoisotopic (exact) mass is 465 g/mol. The largest absolute Gasteiger partial charge is 0.450 e. The number of carbonyl (C=O) groups excluding carboxylic acids is 1. The summed E-state index contributed by atoms with van der Waals surface area (Å²) in [5.74, 6) is 1.60. The van der Waals surface area contributed by atoms with Crippen molar-refractivity contribution < 1.29 is 14.1 Å². The SMILES string of the molecule is CC(C)c1cccc(C(C)C)c1N=C(O[C@H](C(=O)N(C)C)C(N(C)C)=[N+](C)C)c1ccccc1. The number of hydrogen-bond acceptors (Lipinski definition) is 3. The molecule has 2 aromatic rings. The molecule has 0 bridgehead atoms. The molecule has 0 unspecified atom stereocenters. The number of ether oxygens (including phenoxy) is 1. The van der Waals surface area contributed by atoms with Crippen LogP contribution in [0.1, 0.15) is 56.2 Å². The Kier molecular flexibility index (Phi) is 9.42. The Hall–Kier alpha value is -3.15. The van der Waals surface area contributed by atoms with Crippen molar-refractivity contribution in [2.24, 2.45) is 4.99 Å². The average molecular weight is 466 g/mol. The standard InChI is InChI=1S/C28H41N4O2/c1-19(2)22-17-14-18-23(20(3)4)24(22)29-26(21-15-12-11-13-16-21)34-25(28(33)32(9)10)27(30(5)6)31(7)8/h11-20,25H,1-10H3/q+1/t25-/m0/s1. The summed E-state index contributed by atoms with van der Waals surface area (Å²) in [7, 11) is 11.1. The van der Waals surface area contributed by atoms with Crippen LogP contribution in [0.5, 0.6) is 0 Å². The van der Waals surface area contributed by atoms with Gasteiger partial charge in [0.25, 0.3) is 17.8 Å². The van der Waals surface area contributed by atoms with Crippen LogP contribution in [-0.4, -0.2) is 80.4 Å². The molecule has 0 fully saturated rings. The molecular weight excluding hydrogens is 424 g/mol. The number of nitrogens with zero attached hydrogens (tertiary/aromatic N) is 4. The summed E-state index contributed by atoms with van der Waals surface area (Å²) in [5.41, 5.74) is 4.05. The second-order valence-electron chi connectivity index (χ2n) is 9.76. The van der Waals surface area contributed by atoms with Crippen LogP contribution >= 0.6 is 0 Å². The molecule has 6 heteroatoms. The molecule has 6 nitrogen and oxygen atoms in total. The number of aliphatic imine (C=N–C) groups is 1. The van der Waals surface area contributed by atoms with Crippen LogP contribution in [0, 0.1) is 0 Å². The van der Waals surface area contributed by atoms with E-state index < -0.39 is 6.10 Å². The third kappa shape index (κ3) is 6.46. The van der Waals surface area contributed by atoms with Gasteiger partial charge < -0.3 is 9.64 Å². The van der Waals surface area contributed by atoms with Gasteiger partial charge in [0.05, 0.1) is 33.9 Å². The van der Waals surface area contributed by atoms with E-state index in [1.807, 2.05) is 68.0 Å². The van der Waals surface area contributed by atoms with Gasteiger partial charge >= 0.3 is 0 Å². The molecular formula is C28H41N4O2+. The summed E-state index contributed by atoms with van der Waals surface area (Å²) in [6, 6.07) is 16.1. The van der Waals surface area contributed by atoms with E-state index in [9.17, 15) is 4.79 Å². The van der Waals surface area contributed by atoms with Gasteiger partial charge in [-0.15, -0.1) is 0 Å². The number of amides is 1. The van der Waals surface area contributed by atoms with E-state index in [0.717, 1.165) is 28.2 Å². The number of hydrogen-bond donors (Lipinski definition) is 0. The van der Waals surface area contributed by atoms with E-state index in [0.29, 0.717) is 17.7 Å². The first-order chi connectivity index (χ1) is 16.0. The second kappa shape index (κ2) is 11.8. The van der Waals surface area contributed by atoms with Crippen molar-refractivity contribution in [3.63, 3.8) is 0 Å². The van der Waals surface area contributed by atoms with Crippen LogP contribution in [0.25, 0.3) is 0 Å². The summed E-state index contributed by atoms with van der Waals surface area (Å²) in [6.07, 6.45) is -0.854. The normalized spacial score (nSPS) is 12.5. The van der Waals surface area contributed by atoms with Gasteiger partial charge in [-0.3, -0.25) is 14.3 Å². The van der Waals surface area contributed by atoms with Crippen molar-refractivity contribution in [3.05, 3.63) is 65.2 Å². The predicted octanol–water partition coefficient (Wildman–Crippen LogP) is 4.72. The molecule has 0 aliphatic rings. The number of benzene rings is 2. The lowest BCUT2D eigenvalue weighted by atomic mass is 9.93. The highest BCUT2D eigenvalue weighted by Crippen LogP contribution is 2.35. The minimum Gasteiger partial charge on any atom is -0.450 e. The summed E-state index contributed by atoms with van der Waals surface area (Å²) in [6.45, 7) is 8.68. The maximum Gasteiger partial charge on any atom is 0.297 e. The van der Waals surface area contributed by atoms with E-state index in [1.54, 1.807) is 19.0 Å². The molecule has 0 aromatic heterocycles. The zero-order valence-electron chi connectivity index (χ0n) is 22.5. The van der Waals surface area contributed by atoms with E-state index >= 15 is 0 Å². The maximum absolute atomic E-state index is 13.3. The van der Waals surface area contributed by atoms with Crippen LogP contribution in [-0.2, 0) is 9.53 Å². The van der Waals surface area contributed by atoms with Gasteiger partial charge in [0.15, 0.2) is 0 Å². The van der Waals surface area contributed by atoms with Crippen LogP contribution in [0.3, 0.4) is 0 Å². The highest BCUT2D eigenvalue weighted by molar-refractivity contribution is 6.07. The third-order valence-corrected chi connectivity index (χ3v) is 5.62. The second-order valence-corrected chi connectivity index (χ2v) is 9.76. The molecule has 0 spiro atoms. The Morgan fingerprint density at radius 1 is 0.824 bits per heavy atom. The minimum atomic E-state index is -0.854. The fraction of sp³-hybridized carbons (Fsp3) is 0.464. The molecule has 34 heavy (non-hydrogen) atoms. The summed E-state index contributed by atoms with van der Waals surface area (Å²) < 4.78 is 8.47. The summed E-state index contributed by atoms with van der Waals surface area (Å²) in [5, 5.41) is 0. The smallest absolute Gasteiger partial charge is 0.297 e. The van der Waals surface area contributed by atoms with E-state index in [2.05, 4.69) is 45.9 Å². The van der Waals surface area contributed by atoms with Crippen molar-refractivity contribution in [1.29, 1.82) is 0 Å². The first-order valence-corrected chi connectivity index (χ1v) is 11.8. The molecule has 1 amide bonds. The van der Waals surface area contributed by atoms with Crippen LogP contribution < -0.4 is 0 Å². The Bertz CT molecular complexity index is 1010. The van der Waals surface area contributed by atoms with Gasteiger partial charge in [-0.2, -0.15) is 0 Å². The lowest BCUT2D eigenvalue weighted by Gasteiger charge is -2.25. The molecule has 184 valence electrons. The highest BCUT2D eigenvalue weighted by atomic mass is 16.5. The van der Waals surface area contributed by atoms with Gasteiger partial charge in [0, 0.05) is 19.7 Å². The zero-order valence-corrected chi connectivity index (χ0v) is 22.5. The molecule has 0 N–H and O–H groups in total. The van der Waals surface area contributed by atoms with Crippen LogP contribution in [0.2, 0.25) is 0 Å². The molecule has 1 atom stereocenters. The Balaban J connectivity index is 2.81. The predicted molar refractivity (Wildman–Crippen MR) is 142 cm³/mol. The van der Waals surface area contributed by atoms with Gasteiger partial charge in [-0.1, -0.05) is 64.1 Å². The number of amidine groups is 1. The fourth-order valence-corrected chi connectivity index (χ4v) is 3.91. The number of carbonyl (C=O) groups is 1. The first-order valence-electron chi connectivity index (χ1n) is 11.8. The van der Waals surface area contributed by atoms with E-state index in [4.69, 9.17) is 9.73 Å². The first kappa shape index (κ1) is 27.1. The maximum atomic E-state index is 13.3. The average Bonchev–Trinajstić information content (AvgIpc) is 2.77. The lowest BCUT2D eigenvalue weighted by Crippen LogP contribution is -2.50. The molecule has 0 saturated carbocycles. The Labute approximate surface area is 205 Å². The number of rotatable bonds is 7. The fourth-order valence-electron chi connectivity index (χ4n) is 3.91. The highest BCUT2D eigenvalue weighted by Gasteiger charge is 2.37. The molecule has 0 aliphatic carbocycles. The molecule has 0 radical (unpaired) electrons. The quantitative estimate of drug-likeness (QED) is 0.338. The Morgan fingerprint density at radius 3 is 1.76 bits per heavy atom. The van der Waals surface area contributed by atoms with Crippen molar-refractivity contribution in [3.8, 4) is 0 Å². The van der Waals surface area contributed by atoms with E-state index in [1.165, 1.54) is 0 Å². The van der Waals surface area contributed by atoms with Crippen LogP contribution in [0.15, 0.2) is 53.5 Å². The van der Waals surface area contributed by atoms with Crippen molar-refractivity contribution >= 4 is 23.3 Å². The molecule has 0 aliphatic heterocycles. The Morgan fingerprint density at radius 2 is 1.35 bits per heavy atom. The summed E-state index contributed by atoms with van der Waals surface area (Å²) in [4.78, 5) is 21.9. The van der Waals surface area contributed by atoms with Gasteiger partial charge in [-0.25, -0.2) is 4.99 Å². The summed E-state index contributed by atoms with van der Waals surface area (Å²) >= 11 is 0. The van der Waals surface area contributed by atoms with Crippen molar-refractivity contribution in [2.75, 3.05) is 42.3 Å². The van der Waals surface area contributed by atoms with Gasteiger partial charge in [0.2, 0.25) is 5.90 Å².